The second kappa shape index (κ2) is 9.93. The molecule has 2 aliphatic rings. The van der Waals surface area contributed by atoms with Crippen molar-refractivity contribution >= 4 is 49.1 Å². The number of likely N-dealkylation sites (N-methyl/N-ethyl adjacent to an activating group) is 1. The second-order valence-corrected chi connectivity index (χ2v) is 12.8. The maximum Gasteiger partial charge on any atom is 0.291 e. The molecule has 1 aliphatic carbocycles. The number of aromatic nitrogens is 5. The van der Waals surface area contributed by atoms with Gasteiger partial charge in [-0.3, -0.25) is 4.57 Å². The van der Waals surface area contributed by atoms with E-state index in [2.05, 4.69) is 29.8 Å². The fourth-order valence-corrected chi connectivity index (χ4v) is 7.02. The van der Waals surface area contributed by atoms with Crippen LogP contribution in [0.25, 0.3) is 27.1 Å². The van der Waals surface area contributed by atoms with Gasteiger partial charge in [-0.25, -0.2) is 27.2 Å². The van der Waals surface area contributed by atoms with Crippen LogP contribution < -0.4 is 9.62 Å². The van der Waals surface area contributed by atoms with Crippen molar-refractivity contribution in [3.05, 3.63) is 29.5 Å². The first-order chi connectivity index (χ1) is 19.1. The Morgan fingerprint density at radius 1 is 1.30 bits per heavy atom. The van der Waals surface area contributed by atoms with Crippen molar-refractivity contribution in [2.24, 2.45) is 0 Å². The van der Waals surface area contributed by atoms with Crippen LogP contribution in [0, 0.1) is 11.3 Å². The normalized spacial score (nSPS) is 19.1. The minimum Gasteiger partial charge on any atom is -0.373 e. The summed E-state index contributed by atoms with van der Waals surface area (Å²) >= 11 is 0.697. The summed E-state index contributed by atoms with van der Waals surface area (Å²) in [7, 11) is -0.121. The number of morpholine rings is 1. The van der Waals surface area contributed by atoms with Crippen LogP contribution in [0.15, 0.2) is 29.4 Å². The number of benzene rings is 1. The SMILES string of the molecule is CN(C)CC1CN(c2ncnc3c2c2ccc(S(=O)(=O)NC4(C#N)CC4)cc2n3-c2nnc(C(F)F)s2)CCO1. The molecule has 0 spiro atoms. The van der Waals surface area contributed by atoms with Crippen LogP contribution in [0.3, 0.4) is 0 Å². The summed E-state index contributed by atoms with van der Waals surface area (Å²) in [5.74, 6) is 0.620. The highest BCUT2D eigenvalue weighted by Gasteiger charge is 2.47. The summed E-state index contributed by atoms with van der Waals surface area (Å²) in [6.45, 7) is 2.35. The third-order valence-corrected chi connectivity index (χ3v) is 9.37. The summed E-state index contributed by atoms with van der Waals surface area (Å²) in [5.41, 5.74) is -0.341. The zero-order chi connectivity index (χ0) is 28.2. The molecule has 1 saturated carbocycles. The molecule has 16 heteroatoms. The molecule has 12 nitrogen and oxygen atoms in total. The van der Waals surface area contributed by atoms with Gasteiger partial charge in [-0.05, 0) is 39.1 Å². The van der Waals surface area contributed by atoms with E-state index in [4.69, 9.17) is 4.74 Å². The Labute approximate surface area is 232 Å². The lowest BCUT2D eigenvalue weighted by atomic mass is 10.2. The molecular weight excluding hydrogens is 564 g/mol. The van der Waals surface area contributed by atoms with Gasteiger partial charge in [0.1, 0.15) is 17.7 Å². The molecule has 0 bridgehead atoms. The number of nitrogens with zero attached hydrogens (tertiary/aromatic N) is 8. The van der Waals surface area contributed by atoms with E-state index in [0.29, 0.717) is 78.2 Å². The lowest BCUT2D eigenvalue weighted by Crippen LogP contribution is -2.46. The van der Waals surface area contributed by atoms with Gasteiger partial charge in [-0.15, -0.1) is 10.2 Å². The first-order valence-corrected chi connectivity index (χ1v) is 14.8. The van der Waals surface area contributed by atoms with E-state index in [9.17, 15) is 22.5 Å². The highest BCUT2D eigenvalue weighted by atomic mass is 32.2. The van der Waals surface area contributed by atoms with E-state index in [0.717, 1.165) is 0 Å². The number of hydrogen-bond donors (Lipinski definition) is 1. The maximum absolute atomic E-state index is 13.4. The van der Waals surface area contributed by atoms with Gasteiger partial charge < -0.3 is 14.5 Å². The van der Waals surface area contributed by atoms with Crippen LogP contribution in [0.4, 0.5) is 14.6 Å². The van der Waals surface area contributed by atoms with Crippen LogP contribution >= 0.6 is 11.3 Å². The van der Waals surface area contributed by atoms with Crippen LogP contribution in [-0.4, -0.2) is 90.0 Å². The number of sulfonamides is 1. The van der Waals surface area contributed by atoms with Gasteiger partial charge in [0, 0.05) is 25.0 Å². The molecule has 2 fully saturated rings. The number of hydrogen-bond acceptors (Lipinski definition) is 11. The van der Waals surface area contributed by atoms with Crippen molar-refractivity contribution in [2.75, 3.05) is 45.2 Å². The number of alkyl halides is 2. The molecular formula is C24H25F2N9O3S2. The van der Waals surface area contributed by atoms with E-state index in [1.165, 1.54) is 23.0 Å². The minimum atomic E-state index is -4.06. The average molecular weight is 590 g/mol. The molecule has 1 aliphatic heterocycles. The molecule has 0 radical (unpaired) electrons. The van der Waals surface area contributed by atoms with Crippen molar-refractivity contribution in [3.8, 4) is 11.2 Å². The van der Waals surface area contributed by atoms with E-state index in [1.54, 1.807) is 6.07 Å². The van der Waals surface area contributed by atoms with Crippen molar-refractivity contribution in [2.45, 2.75) is 35.8 Å². The molecule has 4 aromatic rings. The molecule has 1 saturated heterocycles. The largest absolute Gasteiger partial charge is 0.373 e. The summed E-state index contributed by atoms with van der Waals surface area (Å²) < 4.78 is 63.3. The Hall–Kier alpha value is -3.36. The summed E-state index contributed by atoms with van der Waals surface area (Å²) in [6.07, 6.45) is -0.620. The number of nitriles is 1. The maximum atomic E-state index is 13.4. The Bertz CT molecular complexity index is 1750. The van der Waals surface area contributed by atoms with Gasteiger partial charge in [0.15, 0.2) is 10.7 Å². The van der Waals surface area contributed by atoms with Gasteiger partial charge in [0.05, 0.1) is 34.6 Å². The van der Waals surface area contributed by atoms with Gasteiger partial charge in [-0.1, -0.05) is 17.4 Å². The van der Waals surface area contributed by atoms with Crippen molar-refractivity contribution in [3.63, 3.8) is 0 Å². The predicted octanol–water partition coefficient (Wildman–Crippen LogP) is 2.46. The molecule has 1 aromatic carbocycles. The van der Waals surface area contributed by atoms with Crippen molar-refractivity contribution in [1.29, 1.82) is 5.26 Å². The zero-order valence-electron chi connectivity index (χ0n) is 21.6. The molecule has 6 rings (SSSR count). The monoisotopic (exact) mass is 589 g/mol. The zero-order valence-corrected chi connectivity index (χ0v) is 23.2. The van der Waals surface area contributed by atoms with Gasteiger partial charge in [0.2, 0.25) is 15.2 Å². The van der Waals surface area contributed by atoms with Crippen LogP contribution in [0.2, 0.25) is 0 Å². The first-order valence-electron chi connectivity index (χ1n) is 12.5. The highest BCUT2D eigenvalue weighted by molar-refractivity contribution is 7.89. The smallest absolute Gasteiger partial charge is 0.291 e. The Morgan fingerprint density at radius 2 is 2.10 bits per heavy atom. The van der Waals surface area contributed by atoms with E-state index >= 15 is 0 Å². The number of rotatable bonds is 8. The van der Waals surface area contributed by atoms with Crippen molar-refractivity contribution in [1.82, 2.24) is 34.4 Å². The fourth-order valence-electron chi connectivity index (χ4n) is 4.91. The molecule has 1 atom stereocenters. The average Bonchev–Trinajstić information content (AvgIpc) is 3.36. The fraction of sp³-hybridized carbons (Fsp3) is 0.458. The molecule has 3 aromatic heterocycles. The second-order valence-electron chi connectivity index (χ2n) is 10.1. The van der Waals surface area contributed by atoms with E-state index < -0.39 is 27.0 Å². The molecule has 0 amide bonds. The molecule has 210 valence electrons. The number of halogens is 2. The Morgan fingerprint density at radius 3 is 2.77 bits per heavy atom. The van der Waals surface area contributed by atoms with Crippen LogP contribution in [0.1, 0.15) is 24.3 Å². The molecule has 4 heterocycles. The lowest BCUT2D eigenvalue weighted by molar-refractivity contribution is 0.0246. The van der Waals surface area contributed by atoms with Crippen molar-refractivity contribution < 1.29 is 21.9 Å². The number of nitrogens with one attached hydrogen (secondary N) is 1. The van der Waals surface area contributed by atoms with E-state index in [-0.39, 0.29) is 16.1 Å². The molecule has 1 unspecified atom stereocenters. The molecule has 40 heavy (non-hydrogen) atoms. The van der Waals surface area contributed by atoms with Crippen LogP contribution in [-0.2, 0) is 14.8 Å². The number of ether oxygens (including phenoxy) is 1. The topological polar surface area (TPSA) is 142 Å². The third kappa shape index (κ3) is 4.77. The Kier molecular flexibility index (Phi) is 6.66. The lowest BCUT2D eigenvalue weighted by Gasteiger charge is -2.35. The van der Waals surface area contributed by atoms with Crippen LogP contribution in [0.5, 0.6) is 0 Å². The van der Waals surface area contributed by atoms with E-state index in [1.807, 2.05) is 25.1 Å². The van der Waals surface area contributed by atoms with Gasteiger partial charge >= 0.3 is 0 Å². The number of fused-ring (bicyclic) bond motifs is 3. The Balaban J connectivity index is 1.54. The first kappa shape index (κ1) is 26.8. The standard InChI is InChI=1S/C24H25F2N9O3S2/c1-33(2)10-14-11-34(7-8-38-14)20-18-16-4-3-15(40(36,37)32-24(12-27)5-6-24)9-17(16)35(21(18)29-13-28-20)23-31-30-22(39-23)19(25)26/h3-4,9,13-14,19,32H,5-8,10-11H2,1-2H3. The molecule has 1 N–H and O–H groups in total. The predicted molar refractivity (Wildman–Crippen MR) is 143 cm³/mol. The van der Waals surface area contributed by atoms with Gasteiger partial charge in [-0.2, -0.15) is 9.98 Å². The number of anilines is 1. The summed E-state index contributed by atoms with van der Waals surface area (Å²) in [4.78, 5) is 13.1. The minimum absolute atomic E-state index is 0.0587. The quantitative estimate of drug-likeness (QED) is 0.326. The highest BCUT2D eigenvalue weighted by Crippen LogP contribution is 2.40. The summed E-state index contributed by atoms with van der Waals surface area (Å²) in [6, 6.07) is 6.57. The third-order valence-electron chi connectivity index (χ3n) is 6.92. The van der Waals surface area contributed by atoms with Gasteiger partial charge in [0.25, 0.3) is 6.43 Å². The summed E-state index contributed by atoms with van der Waals surface area (Å²) in [5, 5.41) is 17.9.